The van der Waals surface area contributed by atoms with Gasteiger partial charge in [-0.3, -0.25) is 4.79 Å². The van der Waals surface area contributed by atoms with E-state index in [0.29, 0.717) is 30.4 Å². The van der Waals surface area contributed by atoms with Crippen molar-refractivity contribution in [3.8, 4) is 11.5 Å². The van der Waals surface area contributed by atoms with Crippen LogP contribution in [0.5, 0.6) is 11.5 Å². The Kier molecular flexibility index (Phi) is 8.73. The highest BCUT2D eigenvalue weighted by atomic mass is 32.2. The highest BCUT2D eigenvalue weighted by Gasteiger charge is 2.14. The van der Waals surface area contributed by atoms with Gasteiger partial charge in [-0.05, 0) is 36.8 Å². The lowest BCUT2D eigenvalue weighted by Gasteiger charge is -2.19. The first-order chi connectivity index (χ1) is 15.5. The number of primary sulfonamides is 1. The standard InChI is InChI=1S/C18H21N3O5S.C2H2O4/c1-12(13-2-5-15(6-3-13)27(19,23)24)20-11-18(22)21-14-4-7-16-17(10-14)26-9-8-25-16;3-1(4)2(5)6/h2-7,10,12,20H,8-9,11H2,1H3,(H,21,22)(H2,19,23,24);(H,3,4)(H,5,6). The van der Waals surface area contributed by atoms with Crippen molar-refractivity contribution in [1.29, 1.82) is 0 Å². The predicted octanol–water partition coefficient (Wildman–Crippen LogP) is 0.550. The molecular weight excluding hydrogens is 458 g/mol. The van der Waals surface area contributed by atoms with E-state index in [1.165, 1.54) is 12.1 Å². The molecule has 12 nitrogen and oxygen atoms in total. The summed E-state index contributed by atoms with van der Waals surface area (Å²) in [5.74, 6) is -2.59. The third kappa shape index (κ3) is 8.07. The Balaban J connectivity index is 0.000000569. The van der Waals surface area contributed by atoms with Gasteiger partial charge in [0.05, 0.1) is 11.4 Å². The molecule has 0 aliphatic carbocycles. The summed E-state index contributed by atoms with van der Waals surface area (Å²) >= 11 is 0. The van der Waals surface area contributed by atoms with Gasteiger partial charge in [0.1, 0.15) is 13.2 Å². The lowest BCUT2D eigenvalue weighted by molar-refractivity contribution is -0.159. The quantitative estimate of drug-likeness (QED) is 0.364. The number of hydrogen-bond acceptors (Lipinski definition) is 8. The lowest BCUT2D eigenvalue weighted by atomic mass is 10.1. The molecular formula is C20H23N3O9S. The molecule has 1 aliphatic heterocycles. The molecule has 1 aliphatic rings. The monoisotopic (exact) mass is 481 g/mol. The maximum absolute atomic E-state index is 12.2. The van der Waals surface area contributed by atoms with E-state index < -0.39 is 22.0 Å². The third-order valence-electron chi connectivity index (χ3n) is 4.29. The molecule has 2 aromatic rings. The fourth-order valence-electron chi connectivity index (χ4n) is 2.64. The van der Waals surface area contributed by atoms with Crippen LogP contribution < -0.4 is 25.2 Å². The number of carboxylic acids is 2. The molecule has 6 N–H and O–H groups in total. The summed E-state index contributed by atoms with van der Waals surface area (Å²) in [7, 11) is -3.72. The summed E-state index contributed by atoms with van der Waals surface area (Å²) in [6, 6.07) is 11.3. The van der Waals surface area contributed by atoms with Crippen LogP contribution in [0.2, 0.25) is 0 Å². The van der Waals surface area contributed by atoms with Crippen LogP contribution in [0.1, 0.15) is 18.5 Å². The number of hydrogen-bond donors (Lipinski definition) is 5. The number of carbonyl (C=O) groups excluding carboxylic acids is 1. The maximum atomic E-state index is 12.2. The average Bonchev–Trinajstić information content (AvgIpc) is 2.77. The fraction of sp³-hybridized carbons (Fsp3) is 0.250. The number of amides is 1. The van der Waals surface area contributed by atoms with E-state index in [-0.39, 0.29) is 23.4 Å². The van der Waals surface area contributed by atoms with Crippen LogP contribution in [0.3, 0.4) is 0 Å². The molecule has 0 aromatic heterocycles. The molecule has 178 valence electrons. The molecule has 1 unspecified atom stereocenters. The van der Waals surface area contributed by atoms with Gasteiger partial charge in [0, 0.05) is 17.8 Å². The molecule has 0 saturated carbocycles. The second-order valence-corrected chi connectivity index (χ2v) is 8.29. The van der Waals surface area contributed by atoms with Gasteiger partial charge in [-0.1, -0.05) is 12.1 Å². The van der Waals surface area contributed by atoms with Crippen LogP contribution in [0.4, 0.5) is 5.69 Å². The van der Waals surface area contributed by atoms with Crippen molar-refractivity contribution >= 4 is 33.6 Å². The number of fused-ring (bicyclic) bond motifs is 1. The average molecular weight is 481 g/mol. The Morgan fingerprint density at radius 1 is 1.00 bits per heavy atom. The summed E-state index contributed by atoms with van der Waals surface area (Å²) in [4.78, 5) is 30.4. The predicted molar refractivity (Wildman–Crippen MR) is 116 cm³/mol. The van der Waals surface area contributed by atoms with E-state index in [0.717, 1.165) is 5.56 Å². The zero-order valence-electron chi connectivity index (χ0n) is 17.5. The van der Waals surface area contributed by atoms with E-state index in [4.69, 9.17) is 34.4 Å². The number of benzene rings is 2. The minimum absolute atomic E-state index is 0.0507. The Bertz CT molecular complexity index is 1110. The molecule has 33 heavy (non-hydrogen) atoms. The SMILES string of the molecule is CC(NCC(=O)Nc1ccc2c(c1)OCCO2)c1ccc(S(N)(=O)=O)cc1.O=C(O)C(=O)O. The lowest BCUT2D eigenvalue weighted by Crippen LogP contribution is -2.30. The second-order valence-electron chi connectivity index (χ2n) is 6.73. The normalized spacial score (nSPS) is 13.2. The Hall–Kier alpha value is -3.68. The molecule has 0 fully saturated rings. The van der Waals surface area contributed by atoms with Gasteiger partial charge in [0.2, 0.25) is 15.9 Å². The molecule has 1 amide bonds. The highest BCUT2D eigenvalue weighted by Crippen LogP contribution is 2.32. The molecule has 13 heteroatoms. The van der Waals surface area contributed by atoms with Crippen molar-refractivity contribution in [3.63, 3.8) is 0 Å². The van der Waals surface area contributed by atoms with E-state index in [1.54, 1.807) is 30.3 Å². The van der Waals surface area contributed by atoms with Gasteiger partial charge in [-0.15, -0.1) is 0 Å². The molecule has 2 aromatic carbocycles. The van der Waals surface area contributed by atoms with Gasteiger partial charge in [0.25, 0.3) is 0 Å². The van der Waals surface area contributed by atoms with Crippen LogP contribution in [-0.4, -0.2) is 56.2 Å². The van der Waals surface area contributed by atoms with Gasteiger partial charge in [-0.2, -0.15) is 0 Å². The Morgan fingerprint density at radius 3 is 2.12 bits per heavy atom. The van der Waals surface area contributed by atoms with Crippen LogP contribution in [0.25, 0.3) is 0 Å². The number of carboxylic acid groups (broad SMARTS) is 2. The van der Waals surface area contributed by atoms with Crippen molar-refractivity contribution in [2.24, 2.45) is 5.14 Å². The van der Waals surface area contributed by atoms with E-state index in [1.807, 2.05) is 6.92 Å². The number of ether oxygens (including phenoxy) is 2. The number of carbonyl (C=O) groups is 3. The minimum Gasteiger partial charge on any atom is -0.486 e. The minimum atomic E-state index is -3.72. The largest absolute Gasteiger partial charge is 0.486 e. The summed E-state index contributed by atoms with van der Waals surface area (Å²) in [5.41, 5.74) is 1.46. The summed E-state index contributed by atoms with van der Waals surface area (Å²) < 4.78 is 33.5. The van der Waals surface area contributed by atoms with Gasteiger partial charge < -0.3 is 30.3 Å². The molecule has 0 radical (unpaired) electrons. The number of nitrogens with one attached hydrogen (secondary N) is 2. The summed E-state index contributed by atoms with van der Waals surface area (Å²) in [6.45, 7) is 2.96. The van der Waals surface area contributed by atoms with Gasteiger partial charge in [0.15, 0.2) is 11.5 Å². The fourth-order valence-corrected chi connectivity index (χ4v) is 3.15. The van der Waals surface area contributed by atoms with Crippen LogP contribution in [0, 0.1) is 0 Å². The summed E-state index contributed by atoms with van der Waals surface area (Å²) in [6.07, 6.45) is 0. The van der Waals surface area contributed by atoms with Gasteiger partial charge >= 0.3 is 11.9 Å². The summed E-state index contributed by atoms with van der Waals surface area (Å²) in [5, 5.41) is 25.8. The smallest absolute Gasteiger partial charge is 0.414 e. The van der Waals surface area contributed by atoms with E-state index in [2.05, 4.69) is 10.6 Å². The van der Waals surface area contributed by atoms with Crippen LogP contribution >= 0.6 is 0 Å². The molecule has 0 spiro atoms. The molecule has 0 saturated heterocycles. The molecule has 1 heterocycles. The van der Waals surface area contributed by atoms with Gasteiger partial charge in [-0.25, -0.2) is 23.1 Å². The molecule has 3 rings (SSSR count). The number of aliphatic carboxylic acids is 2. The first-order valence-corrected chi connectivity index (χ1v) is 11.0. The molecule has 1 atom stereocenters. The maximum Gasteiger partial charge on any atom is 0.414 e. The number of anilines is 1. The van der Waals surface area contributed by atoms with Crippen molar-refractivity contribution in [2.75, 3.05) is 25.1 Å². The van der Waals surface area contributed by atoms with Crippen LogP contribution in [-0.2, 0) is 24.4 Å². The van der Waals surface area contributed by atoms with Crippen molar-refractivity contribution in [1.82, 2.24) is 5.32 Å². The first kappa shape index (κ1) is 25.6. The zero-order chi connectivity index (χ0) is 24.6. The van der Waals surface area contributed by atoms with E-state index in [9.17, 15) is 13.2 Å². The molecule has 0 bridgehead atoms. The number of nitrogens with two attached hydrogens (primary N) is 1. The first-order valence-electron chi connectivity index (χ1n) is 9.49. The zero-order valence-corrected chi connectivity index (χ0v) is 18.3. The Labute approximate surface area is 189 Å². The number of sulfonamides is 1. The topological polar surface area (TPSA) is 194 Å². The third-order valence-corrected chi connectivity index (χ3v) is 5.22. The second kappa shape index (κ2) is 11.3. The Morgan fingerprint density at radius 2 is 1.58 bits per heavy atom. The van der Waals surface area contributed by atoms with E-state index >= 15 is 0 Å². The highest BCUT2D eigenvalue weighted by molar-refractivity contribution is 7.89. The van der Waals surface area contributed by atoms with Crippen molar-refractivity contribution in [3.05, 3.63) is 48.0 Å². The van der Waals surface area contributed by atoms with Crippen LogP contribution in [0.15, 0.2) is 47.4 Å². The number of rotatable bonds is 6. The van der Waals surface area contributed by atoms with Crippen molar-refractivity contribution in [2.45, 2.75) is 17.9 Å². The van der Waals surface area contributed by atoms with Crippen molar-refractivity contribution < 1.29 is 42.5 Å².